The number of carbonyl (C=O) groups excluding carboxylic acids is 1. The number of hydrogen-bond donors (Lipinski definition) is 0. The molecule has 0 heterocycles. The van der Waals surface area contributed by atoms with E-state index in [1.54, 1.807) is 6.92 Å². The Labute approximate surface area is 107 Å². The van der Waals surface area contributed by atoms with Gasteiger partial charge in [0.05, 0.1) is 0 Å². The Bertz CT molecular complexity index is 221. The fourth-order valence-electron chi connectivity index (χ4n) is 1.81. The van der Waals surface area contributed by atoms with Crippen LogP contribution in [0.3, 0.4) is 0 Å². The first-order valence-corrected chi connectivity index (χ1v) is 6.87. The zero-order valence-corrected chi connectivity index (χ0v) is 11.9. The Morgan fingerprint density at radius 1 is 0.941 bits per heavy atom. The van der Waals surface area contributed by atoms with E-state index in [4.69, 9.17) is 0 Å². The van der Waals surface area contributed by atoms with Gasteiger partial charge in [-0.2, -0.15) is 0 Å². The van der Waals surface area contributed by atoms with E-state index in [9.17, 15) is 4.79 Å². The molecule has 0 aromatic rings. The van der Waals surface area contributed by atoms with Crippen LogP contribution in [0.25, 0.3) is 0 Å². The summed E-state index contributed by atoms with van der Waals surface area (Å²) in [7, 11) is 4.25. The molecule has 0 spiro atoms. The van der Waals surface area contributed by atoms with E-state index in [0.29, 0.717) is 12.0 Å². The first kappa shape index (κ1) is 16.4. The lowest BCUT2D eigenvalue weighted by molar-refractivity contribution is -0.115. The van der Waals surface area contributed by atoms with Crippen LogP contribution in [0.4, 0.5) is 0 Å². The lowest BCUT2D eigenvalue weighted by Crippen LogP contribution is -2.12. The quantitative estimate of drug-likeness (QED) is 0.403. The predicted octanol–water partition coefficient (Wildman–Crippen LogP) is 3.81. The van der Waals surface area contributed by atoms with Crippen LogP contribution >= 0.6 is 0 Å². The third kappa shape index (κ3) is 11.6. The molecule has 2 heteroatoms. The normalized spacial score (nSPS) is 10.8. The van der Waals surface area contributed by atoms with Gasteiger partial charge in [-0.25, -0.2) is 0 Å². The van der Waals surface area contributed by atoms with Crippen molar-refractivity contribution in [3.63, 3.8) is 0 Å². The molecule has 0 radical (unpaired) electrons. The first-order valence-electron chi connectivity index (χ1n) is 6.87. The van der Waals surface area contributed by atoms with E-state index >= 15 is 0 Å². The predicted molar refractivity (Wildman–Crippen MR) is 75.3 cm³/mol. The second-order valence-corrected chi connectivity index (χ2v) is 5.23. The molecule has 0 aromatic carbocycles. The molecule has 0 aliphatic carbocycles. The lowest BCUT2D eigenvalue weighted by Gasteiger charge is -2.08. The van der Waals surface area contributed by atoms with Crippen LogP contribution in [0.1, 0.15) is 58.3 Å². The van der Waals surface area contributed by atoms with Gasteiger partial charge in [0.1, 0.15) is 0 Å². The maximum Gasteiger partial charge on any atom is 0.157 e. The highest BCUT2D eigenvalue weighted by atomic mass is 16.1. The van der Waals surface area contributed by atoms with Crippen molar-refractivity contribution in [2.45, 2.75) is 58.3 Å². The van der Waals surface area contributed by atoms with Gasteiger partial charge in [0, 0.05) is 6.42 Å². The number of carbonyl (C=O) groups is 1. The molecule has 0 aliphatic rings. The van der Waals surface area contributed by atoms with Crippen molar-refractivity contribution in [1.29, 1.82) is 0 Å². The number of nitrogens with zero attached hydrogens (tertiary/aromatic N) is 1. The minimum absolute atomic E-state index is 0.232. The van der Waals surface area contributed by atoms with E-state index in [2.05, 4.69) is 25.6 Å². The summed E-state index contributed by atoms with van der Waals surface area (Å²) in [5.41, 5.74) is 0.702. The molecule has 0 saturated carbocycles. The van der Waals surface area contributed by atoms with Crippen molar-refractivity contribution in [2.75, 3.05) is 20.6 Å². The molecule has 0 fully saturated rings. The van der Waals surface area contributed by atoms with Gasteiger partial charge in [-0.3, -0.25) is 4.79 Å². The van der Waals surface area contributed by atoms with Crippen LogP contribution in [-0.4, -0.2) is 31.3 Å². The van der Waals surface area contributed by atoms with E-state index in [1.165, 1.54) is 45.1 Å². The highest BCUT2D eigenvalue weighted by molar-refractivity contribution is 5.93. The standard InChI is InChI=1S/C15H29NO/c1-14(2)15(17)12-10-8-6-5-7-9-11-13-16(3)4/h1,5-13H2,2-4H3. The van der Waals surface area contributed by atoms with Gasteiger partial charge in [0.2, 0.25) is 0 Å². The molecule has 0 atom stereocenters. The average Bonchev–Trinajstić information content (AvgIpc) is 2.25. The van der Waals surface area contributed by atoms with Crippen molar-refractivity contribution in [1.82, 2.24) is 4.90 Å². The van der Waals surface area contributed by atoms with Crippen molar-refractivity contribution < 1.29 is 4.79 Å². The van der Waals surface area contributed by atoms with E-state index in [-0.39, 0.29) is 5.78 Å². The van der Waals surface area contributed by atoms with Crippen LogP contribution in [-0.2, 0) is 4.79 Å². The Kier molecular flexibility index (Phi) is 10.1. The molecule has 0 aromatic heterocycles. The molecule has 0 rings (SSSR count). The van der Waals surface area contributed by atoms with Crippen LogP contribution in [0, 0.1) is 0 Å². The number of hydrogen-bond acceptors (Lipinski definition) is 2. The molecule has 17 heavy (non-hydrogen) atoms. The second kappa shape index (κ2) is 10.5. The number of unbranched alkanes of at least 4 members (excludes halogenated alkanes) is 6. The maximum atomic E-state index is 11.3. The van der Waals surface area contributed by atoms with Crippen molar-refractivity contribution in [2.24, 2.45) is 0 Å². The van der Waals surface area contributed by atoms with Crippen LogP contribution in [0.2, 0.25) is 0 Å². The molecule has 0 unspecified atom stereocenters. The summed E-state index contributed by atoms with van der Waals surface area (Å²) < 4.78 is 0. The molecule has 100 valence electrons. The molecule has 0 amide bonds. The smallest absolute Gasteiger partial charge is 0.157 e. The maximum absolute atomic E-state index is 11.3. The van der Waals surface area contributed by atoms with Crippen LogP contribution in [0.5, 0.6) is 0 Å². The highest BCUT2D eigenvalue weighted by Crippen LogP contribution is 2.10. The van der Waals surface area contributed by atoms with Crippen LogP contribution < -0.4 is 0 Å². The fourth-order valence-corrected chi connectivity index (χ4v) is 1.81. The minimum Gasteiger partial charge on any atom is -0.309 e. The average molecular weight is 239 g/mol. The Balaban J connectivity index is 3.14. The van der Waals surface area contributed by atoms with Crippen molar-refractivity contribution >= 4 is 5.78 Å². The van der Waals surface area contributed by atoms with Gasteiger partial charge in [-0.05, 0) is 46.0 Å². The summed E-state index contributed by atoms with van der Waals surface area (Å²) in [6.07, 6.45) is 9.47. The molecular weight excluding hydrogens is 210 g/mol. The zero-order chi connectivity index (χ0) is 13.1. The van der Waals surface area contributed by atoms with Gasteiger partial charge >= 0.3 is 0 Å². The molecule has 0 N–H and O–H groups in total. The summed E-state index contributed by atoms with van der Waals surface area (Å²) in [5.74, 6) is 0.232. The largest absolute Gasteiger partial charge is 0.309 e. The zero-order valence-electron chi connectivity index (χ0n) is 11.9. The number of ketones is 1. The summed E-state index contributed by atoms with van der Waals surface area (Å²) in [6.45, 7) is 6.66. The third-order valence-electron chi connectivity index (χ3n) is 2.99. The Hall–Kier alpha value is -0.630. The van der Waals surface area contributed by atoms with Gasteiger partial charge < -0.3 is 4.90 Å². The summed E-state index contributed by atoms with van der Waals surface area (Å²) in [5, 5.41) is 0. The first-order chi connectivity index (χ1) is 8.04. The minimum atomic E-state index is 0.232. The van der Waals surface area contributed by atoms with Gasteiger partial charge in [-0.1, -0.05) is 38.7 Å². The Morgan fingerprint density at radius 3 is 1.88 bits per heavy atom. The fraction of sp³-hybridized carbons (Fsp3) is 0.800. The summed E-state index contributed by atoms with van der Waals surface area (Å²) >= 11 is 0. The molecule has 2 nitrogen and oxygen atoms in total. The highest BCUT2D eigenvalue weighted by Gasteiger charge is 2.01. The molecule has 0 saturated heterocycles. The summed E-state index contributed by atoms with van der Waals surface area (Å²) in [6, 6.07) is 0. The number of rotatable bonds is 11. The van der Waals surface area contributed by atoms with E-state index < -0.39 is 0 Å². The van der Waals surface area contributed by atoms with Crippen molar-refractivity contribution in [3.05, 3.63) is 12.2 Å². The Morgan fingerprint density at radius 2 is 1.41 bits per heavy atom. The molecule has 0 aliphatic heterocycles. The van der Waals surface area contributed by atoms with Crippen LogP contribution in [0.15, 0.2) is 12.2 Å². The second-order valence-electron chi connectivity index (χ2n) is 5.23. The SMILES string of the molecule is C=C(C)C(=O)CCCCCCCCCN(C)C. The lowest BCUT2D eigenvalue weighted by atomic mass is 10.0. The monoisotopic (exact) mass is 239 g/mol. The summed E-state index contributed by atoms with van der Waals surface area (Å²) in [4.78, 5) is 13.5. The number of allylic oxidation sites excluding steroid dienone is 1. The van der Waals surface area contributed by atoms with E-state index in [1.807, 2.05) is 0 Å². The van der Waals surface area contributed by atoms with Gasteiger partial charge in [-0.15, -0.1) is 0 Å². The van der Waals surface area contributed by atoms with Gasteiger partial charge in [0.25, 0.3) is 0 Å². The van der Waals surface area contributed by atoms with Gasteiger partial charge in [0.15, 0.2) is 5.78 Å². The van der Waals surface area contributed by atoms with Crippen molar-refractivity contribution in [3.8, 4) is 0 Å². The topological polar surface area (TPSA) is 20.3 Å². The molecular formula is C15H29NO. The third-order valence-corrected chi connectivity index (χ3v) is 2.99. The van der Waals surface area contributed by atoms with E-state index in [0.717, 1.165) is 6.42 Å². The number of Topliss-reactive ketones (excluding diaryl/α,β-unsaturated/α-hetero) is 1. The molecule has 0 bridgehead atoms.